The van der Waals surface area contributed by atoms with E-state index in [1.165, 1.54) is 0 Å². The molecule has 138 valence electrons. The van der Waals surface area contributed by atoms with Crippen LogP contribution in [-0.4, -0.2) is 50.4 Å². The number of aliphatic hydroxyl groups is 1. The van der Waals surface area contributed by atoms with Gasteiger partial charge in [0.05, 0.1) is 12.2 Å². The maximum atomic E-state index is 12.5. The number of ether oxygens (including phenoxy) is 2. The standard InChI is InChI=1S/C18H27N3O4/c1-5-24-15-19-10-12(11-20-15)18(23)8-13-6-7-14(9-18)21(13)16(22)25-17(2,3)4/h10-11,13-14,23H,5-9H2,1-4H3. The summed E-state index contributed by atoms with van der Waals surface area (Å²) in [5.41, 5.74) is -0.862. The summed E-state index contributed by atoms with van der Waals surface area (Å²) in [5, 5.41) is 11.2. The monoisotopic (exact) mass is 349 g/mol. The van der Waals surface area contributed by atoms with Gasteiger partial charge in [0.1, 0.15) is 5.60 Å². The molecular weight excluding hydrogens is 322 g/mol. The van der Waals surface area contributed by atoms with Gasteiger partial charge in [-0.1, -0.05) is 0 Å². The largest absolute Gasteiger partial charge is 0.464 e. The number of aromatic nitrogens is 2. The topological polar surface area (TPSA) is 84.8 Å². The van der Waals surface area contributed by atoms with Crippen molar-refractivity contribution in [1.82, 2.24) is 14.9 Å². The number of amides is 1. The van der Waals surface area contributed by atoms with Gasteiger partial charge >= 0.3 is 12.1 Å². The third-order valence-electron chi connectivity index (χ3n) is 4.81. The van der Waals surface area contributed by atoms with E-state index in [1.54, 1.807) is 12.4 Å². The van der Waals surface area contributed by atoms with Gasteiger partial charge < -0.3 is 19.5 Å². The molecule has 0 aliphatic carbocycles. The molecule has 0 radical (unpaired) electrons. The Hall–Kier alpha value is -1.89. The highest BCUT2D eigenvalue weighted by molar-refractivity contribution is 5.69. The Kier molecular flexibility index (Phi) is 4.62. The van der Waals surface area contributed by atoms with Gasteiger partial charge in [0, 0.05) is 42.9 Å². The first-order valence-corrected chi connectivity index (χ1v) is 8.91. The van der Waals surface area contributed by atoms with Crippen LogP contribution in [-0.2, 0) is 10.3 Å². The highest BCUT2D eigenvalue weighted by Gasteiger charge is 2.51. The molecule has 3 rings (SSSR count). The van der Waals surface area contributed by atoms with Gasteiger partial charge in [-0.15, -0.1) is 0 Å². The summed E-state index contributed by atoms with van der Waals surface area (Å²) in [6, 6.07) is 0.263. The molecule has 1 aromatic heterocycles. The first-order chi connectivity index (χ1) is 11.7. The molecule has 7 heteroatoms. The Balaban J connectivity index is 1.75. The van der Waals surface area contributed by atoms with Crippen molar-refractivity contribution in [1.29, 1.82) is 0 Å². The molecule has 2 fully saturated rings. The number of piperidine rings is 1. The Bertz CT molecular complexity index is 612. The fraction of sp³-hybridized carbons (Fsp3) is 0.722. The fourth-order valence-electron chi connectivity index (χ4n) is 3.83. The van der Waals surface area contributed by atoms with Crippen molar-refractivity contribution in [2.45, 2.75) is 76.7 Å². The van der Waals surface area contributed by atoms with Crippen LogP contribution in [0.3, 0.4) is 0 Å². The minimum Gasteiger partial charge on any atom is -0.464 e. The van der Waals surface area contributed by atoms with Crippen molar-refractivity contribution < 1.29 is 19.4 Å². The molecule has 2 bridgehead atoms. The molecule has 0 saturated carbocycles. The van der Waals surface area contributed by atoms with Crippen LogP contribution in [0, 0.1) is 0 Å². The first kappa shape index (κ1) is 17.9. The van der Waals surface area contributed by atoms with Gasteiger partial charge in [-0.3, -0.25) is 0 Å². The zero-order valence-corrected chi connectivity index (χ0v) is 15.4. The lowest BCUT2D eigenvalue weighted by molar-refractivity contribution is -0.0628. The fourth-order valence-corrected chi connectivity index (χ4v) is 3.83. The second kappa shape index (κ2) is 6.44. The minimum absolute atomic E-state index is 0.0230. The van der Waals surface area contributed by atoms with Crippen LogP contribution in [0.15, 0.2) is 12.4 Å². The third-order valence-corrected chi connectivity index (χ3v) is 4.81. The summed E-state index contributed by atoms with van der Waals surface area (Å²) in [6.07, 6.45) is 5.67. The van der Waals surface area contributed by atoms with Crippen LogP contribution in [0.5, 0.6) is 6.01 Å². The van der Waals surface area contributed by atoms with E-state index in [4.69, 9.17) is 9.47 Å². The predicted molar refractivity (Wildman–Crippen MR) is 91.2 cm³/mol. The van der Waals surface area contributed by atoms with Crippen molar-refractivity contribution in [2.24, 2.45) is 0 Å². The Morgan fingerprint density at radius 1 is 1.28 bits per heavy atom. The molecule has 2 saturated heterocycles. The number of rotatable bonds is 3. The lowest BCUT2D eigenvalue weighted by Crippen LogP contribution is -2.53. The summed E-state index contributed by atoms with van der Waals surface area (Å²) < 4.78 is 10.8. The number of carbonyl (C=O) groups is 1. The maximum Gasteiger partial charge on any atom is 0.410 e. The van der Waals surface area contributed by atoms with Crippen molar-refractivity contribution in [3.05, 3.63) is 18.0 Å². The molecule has 2 aliphatic heterocycles. The molecule has 2 unspecified atom stereocenters. The first-order valence-electron chi connectivity index (χ1n) is 8.91. The van der Waals surface area contributed by atoms with E-state index in [2.05, 4.69) is 9.97 Å². The molecule has 2 aliphatic rings. The third kappa shape index (κ3) is 3.71. The van der Waals surface area contributed by atoms with Crippen molar-refractivity contribution in [3.8, 4) is 6.01 Å². The van der Waals surface area contributed by atoms with Crippen molar-refractivity contribution in [2.75, 3.05) is 6.61 Å². The van der Waals surface area contributed by atoms with E-state index in [1.807, 2.05) is 32.6 Å². The van der Waals surface area contributed by atoms with Crippen LogP contribution in [0.1, 0.15) is 58.9 Å². The van der Waals surface area contributed by atoms with Gasteiger partial charge in [0.15, 0.2) is 0 Å². The van der Waals surface area contributed by atoms with Gasteiger partial charge in [-0.2, -0.15) is 0 Å². The van der Waals surface area contributed by atoms with Gasteiger partial charge in [0.2, 0.25) is 0 Å². The molecule has 3 heterocycles. The zero-order chi connectivity index (χ0) is 18.2. The summed E-state index contributed by atoms with van der Waals surface area (Å²) in [6.45, 7) is 7.96. The molecule has 1 amide bonds. The van der Waals surface area contributed by atoms with Crippen molar-refractivity contribution >= 4 is 6.09 Å². The molecule has 25 heavy (non-hydrogen) atoms. The molecule has 0 spiro atoms. The molecule has 1 aromatic rings. The molecular formula is C18H27N3O4. The Morgan fingerprint density at radius 3 is 2.32 bits per heavy atom. The smallest absolute Gasteiger partial charge is 0.410 e. The van der Waals surface area contributed by atoms with Crippen molar-refractivity contribution in [3.63, 3.8) is 0 Å². The average Bonchev–Trinajstić information content (AvgIpc) is 2.79. The maximum absolute atomic E-state index is 12.5. The van der Waals surface area contributed by atoms with Crippen LogP contribution >= 0.6 is 0 Å². The SMILES string of the molecule is CCOc1ncc(C2(O)CC3CCC(C2)N3C(=O)OC(C)(C)C)cn1. The predicted octanol–water partition coefficient (Wildman–Crippen LogP) is 2.62. The van der Waals surface area contributed by atoms with Crippen LogP contribution in [0.4, 0.5) is 4.79 Å². The number of nitrogens with zero attached hydrogens (tertiary/aromatic N) is 3. The second-order valence-corrected chi connectivity index (χ2v) is 7.90. The van der Waals surface area contributed by atoms with E-state index in [0.29, 0.717) is 31.0 Å². The van der Waals surface area contributed by atoms with Crippen LogP contribution < -0.4 is 4.74 Å². The lowest BCUT2D eigenvalue weighted by Gasteiger charge is -2.43. The van der Waals surface area contributed by atoms with Gasteiger partial charge in [-0.25, -0.2) is 14.8 Å². The summed E-state index contributed by atoms with van der Waals surface area (Å²) in [4.78, 5) is 22.7. The quantitative estimate of drug-likeness (QED) is 0.903. The number of fused-ring (bicyclic) bond motifs is 2. The number of hydrogen-bond donors (Lipinski definition) is 1. The zero-order valence-electron chi connectivity index (χ0n) is 15.4. The van der Waals surface area contributed by atoms with Gasteiger partial charge in [-0.05, 0) is 40.5 Å². The molecule has 7 nitrogen and oxygen atoms in total. The van der Waals surface area contributed by atoms with E-state index >= 15 is 0 Å². The normalized spacial score (nSPS) is 28.8. The molecule has 0 aromatic carbocycles. The summed E-state index contributed by atoms with van der Waals surface area (Å²) in [7, 11) is 0. The van der Waals surface area contributed by atoms with E-state index < -0.39 is 11.2 Å². The molecule has 2 atom stereocenters. The van der Waals surface area contributed by atoms with E-state index in [0.717, 1.165) is 12.8 Å². The minimum atomic E-state index is -1.02. The Morgan fingerprint density at radius 2 is 1.84 bits per heavy atom. The summed E-state index contributed by atoms with van der Waals surface area (Å²) in [5.74, 6) is 0. The van der Waals surface area contributed by atoms with Crippen LogP contribution in [0.2, 0.25) is 0 Å². The second-order valence-electron chi connectivity index (χ2n) is 7.90. The highest BCUT2D eigenvalue weighted by Crippen LogP contribution is 2.46. The van der Waals surface area contributed by atoms with Gasteiger partial charge in [0.25, 0.3) is 0 Å². The summed E-state index contributed by atoms with van der Waals surface area (Å²) >= 11 is 0. The van der Waals surface area contributed by atoms with E-state index in [-0.39, 0.29) is 18.2 Å². The van der Waals surface area contributed by atoms with Crippen LogP contribution in [0.25, 0.3) is 0 Å². The highest BCUT2D eigenvalue weighted by atomic mass is 16.6. The number of hydrogen-bond acceptors (Lipinski definition) is 6. The molecule has 1 N–H and O–H groups in total. The lowest BCUT2D eigenvalue weighted by atomic mass is 9.82. The Labute approximate surface area is 148 Å². The van der Waals surface area contributed by atoms with E-state index in [9.17, 15) is 9.90 Å². The number of carbonyl (C=O) groups excluding carboxylic acids is 1. The average molecular weight is 349 g/mol.